The van der Waals surface area contributed by atoms with Gasteiger partial charge in [-0.1, -0.05) is 85.4 Å². The molecule has 226 valence electrons. The summed E-state index contributed by atoms with van der Waals surface area (Å²) < 4.78 is 12.7. The molecule has 1 fully saturated rings. The van der Waals surface area contributed by atoms with Crippen LogP contribution in [0.5, 0.6) is 11.5 Å². The van der Waals surface area contributed by atoms with Crippen LogP contribution in [0.3, 0.4) is 0 Å². The van der Waals surface area contributed by atoms with E-state index >= 15 is 0 Å². The Morgan fingerprint density at radius 1 is 0.705 bits per heavy atom. The number of fused-ring (bicyclic) bond motifs is 1. The van der Waals surface area contributed by atoms with Crippen LogP contribution in [0.2, 0.25) is 0 Å². The van der Waals surface area contributed by atoms with E-state index in [4.69, 9.17) is 9.47 Å². The molecule has 1 saturated heterocycles. The summed E-state index contributed by atoms with van der Waals surface area (Å²) in [5, 5.41) is 0. The first-order valence-corrected chi connectivity index (χ1v) is 15.4. The van der Waals surface area contributed by atoms with Crippen LogP contribution in [0.15, 0.2) is 97.6 Å². The standard InChI is InChI=1S/C38H41N3O3/c1-28(2)34-21-35(37(44-27-30-12-8-5-9-13-30)22-36(34)43-26-29-10-6-4-7-11-29)38(42)41-24-32-15-14-31(20-33(32)25-41)23-40-18-16-39(3)17-19-40/h4-15,20-22H,1,16-19,23-27H2,2-3H3. The molecular formula is C38H41N3O3. The van der Waals surface area contributed by atoms with E-state index in [9.17, 15) is 4.79 Å². The Bertz CT molecular complexity index is 1610. The Morgan fingerprint density at radius 2 is 1.30 bits per heavy atom. The topological polar surface area (TPSA) is 45.3 Å². The van der Waals surface area contributed by atoms with Gasteiger partial charge in [-0.15, -0.1) is 0 Å². The normalized spacial score (nSPS) is 15.2. The van der Waals surface area contributed by atoms with Gasteiger partial charge in [0.25, 0.3) is 5.91 Å². The molecule has 0 N–H and O–H groups in total. The van der Waals surface area contributed by atoms with Crippen LogP contribution in [0, 0.1) is 0 Å². The van der Waals surface area contributed by atoms with E-state index in [-0.39, 0.29) is 5.91 Å². The highest BCUT2D eigenvalue weighted by molar-refractivity contribution is 5.98. The summed E-state index contributed by atoms with van der Waals surface area (Å²) in [4.78, 5) is 21.0. The number of allylic oxidation sites excluding steroid dienone is 1. The van der Waals surface area contributed by atoms with Gasteiger partial charge in [0.2, 0.25) is 0 Å². The summed E-state index contributed by atoms with van der Waals surface area (Å²) in [6.07, 6.45) is 0. The van der Waals surface area contributed by atoms with Crippen LogP contribution < -0.4 is 9.47 Å². The van der Waals surface area contributed by atoms with Crippen molar-refractivity contribution in [1.29, 1.82) is 0 Å². The second-order valence-corrected chi connectivity index (χ2v) is 12.0. The number of likely N-dealkylation sites (N-methyl/N-ethyl adjacent to an activating group) is 1. The number of benzene rings is 4. The van der Waals surface area contributed by atoms with Crippen molar-refractivity contribution in [3.05, 3.63) is 137 Å². The third-order valence-electron chi connectivity index (χ3n) is 8.53. The van der Waals surface area contributed by atoms with Crippen LogP contribution in [0.4, 0.5) is 0 Å². The summed E-state index contributed by atoms with van der Waals surface area (Å²) in [5.41, 5.74) is 7.99. The van der Waals surface area contributed by atoms with E-state index in [0.717, 1.165) is 55.0 Å². The number of carbonyl (C=O) groups is 1. The van der Waals surface area contributed by atoms with E-state index in [2.05, 4.69) is 41.6 Å². The number of amides is 1. The van der Waals surface area contributed by atoms with E-state index in [1.54, 1.807) is 0 Å². The molecule has 6 rings (SSSR count). The van der Waals surface area contributed by atoms with Gasteiger partial charge in [-0.25, -0.2) is 0 Å². The quantitative estimate of drug-likeness (QED) is 0.205. The van der Waals surface area contributed by atoms with Gasteiger partial charge in [0.05, 0.1) is 5.56 Å². The first-order chi connectivity index (χ1) is 21.4. The summed E-state index contributed by atoms with van der Waals surface area (Å²) in [5.74, 6) is 1.11. The van der Waals surface area contributed by atoms with Crippen LogP contribution in [0.1, 0.15) is 50.7 Å². The van der Waals surface area contributed by atoms with Gasteiger partial charge in [0, 0.05) is 57.4 Å². The summed E-state index contributed by atoms with van der Waals surface area (Å²) in [6.45, 7) is 13.4. The van der Waals surface area contributed by atoms with Crippen molar-refractivity contribution >= 4 is 11.5 Å². The molecular weight excluding hydrogens is 546 g/mol. The molecule has 2 heterocycles. The zero-order valence-corrected chi connectivity index (χ0v) is 25.8. The number of nitrogens with zero attached hydrogens (tertiary/aromatic N) is 3. The lowest BCUT2D eigenvalue weighted by atomic mass is 10.0. The van der Waals surface area contributed by atoms with Crippen LogP contribution in [-0.4, -0.2) is 53.8 Å². The molecule has 0 bridgehead atoms. The minimum atomic E-state index is -0.0537. The Balaban J connectivity index is 1.24. The van der Waals surface area contributed by atoms with Gasteiger partial charge in [-0.05, 0) is 53.4 Å². The highest BCUT2D eigenvalue weighted by Gasteiger charge is 2.28. The van der Waals surface area contributed by atoms with Gasteiger partial charge in [0.15, 0.2) is 0 Å². The maximum atomic E-state index is 14.2. The zero-order valence-electron chi connectivity index (χ0n) is 25.8. The Hall–Kier alpha value is -4.39. The average molecular weight is 588 g/mol. The molecule has 0 aliphatic carbocycles. The molecule has 2 aliphatic heterocycles. The lowest BCUT2D eigenvalue weighted by molar-refractivity contribution is 0.0746. The van der Waals surface area contributed by atoms with Crippen molar-refractivity contribution < 1.29 is 14.3 Å². The maximum Gasteiger partial charge on any atom is 0.258 e. The SMILES string of the molecule is C=C(C)c1cc(C(=O)N2Cc3ccc(CN4CCN(C)CC4)cc3C2)c(OCc2ccccc2)cc1OCc1ccccc1. The van der Waals surface area contributed by atoms with E-state index in [0.29, 0.717) is 43.4 Å². The fraction of sp³-hybridized carbons (Fsp3) is 0.289. The second-order valence-electron chi connectivity index (χ2n) is 12.0. The molecule has 0 atom stereocenters. The number of hydrogen-bond acceptors (Lipinski definition) is 5. The van der Waals surface area contributed by atoms with Crippen LogP contribution in [0.25, 0.3) is 5.57 Å². The van der Waals surface area contributed by atoms with Gasteiger partial charge in [0.1, 0.15) is 24.7 Å². The number of hydrogen-bond donors (Lipinski definition) is 0. The minimum absolute atomic E-state index is 0.0537. The molecule has 6 nitrogen and oxygen atoms in total. The van der Waals surface area contributed by atoms with Crippen molar-refractivity contribution in [2.45, 2.75) is 39.8 Å². The third-order valence-corrected chi connectivity index (χ3v) is 8.53. The van der Waals surface area contributed by atoms with Crippen molar-refractivity contribution in [1.82, 2.24) is 14.7 Å². The molecule has 4 aromatic carbocycles. The van der Waals surface area contributed by atoms with E-state index < -0.39 is 0 Å². The first kappa shape index (κ1) is 29.7. The van der Waals surface area contributed by atoms with Gasteiger partial charge >= 0.3 is 0 Å². The smallest absolute Gasteiger partial charge is 0.258 e. The fourth-order valence-electron chi connectivity index (χ4n) is 5.90. The molecule has 1 amide bonds. The Morgan fingerprint density at radius 3 is 1.91 bits per heavy atom. The predicted octanol–water partition coefficient (Wildman–Crippen LogP) is 6.78. The van der Waals surface area contributed by atoms with Gasteiger partial charge in [-0.2, -0.15) is 0 Å². The fourth-order valence-corrected chi connectivity index (χ4v) is 5.90. The lowest BCUT2D eigenvalue weighted by Crippen LogP contribution is -2.43. The first-order valence-electron chi connectivity index (χ1n) is 15.4. The Labute approximate surface area is 261 Å². The third kappa shape index (κ3) is 7.04. The molecule has 4 aromatic rings. The van der Waals surface area contributed by atoms with Gasteiger partial charge < -0.3 is 19.3 Å². The number of carbonyl (C=O) groups excluding carboxylic acids is 1. The highest BCUT2D eigenvalue weighted by Crippen LogP contribution is 2.36. The zero-order chi connectivity index (χ0) is 30.5. The summed E-state index contributed by atoms with van der Waals surface area (Å²) in [7, 11) is 2.18. The molecule has 0 saturated carbocycles. The number of piperazine rings is 1. The molecule has 0 aromatic heterocycles. The van der Waals surface area contributed by atoms with Crippen molar-refractivity contribution in [3.8, 4) is 11.5 Å². The van der Waals surface area contributed by atoms with Crippen molar-refractivity contribution in [2.24, 2.45) is 0 Å². The van der Waals surface area contributed by atoms with Crippen LogP contribution in [-0.2, 0) is 32.8 Å². The minimum Gasteiger partial charge on any atom is -0.488 e. The lowest BCUT2D eigenvalue weighted by Gasteiger charge is -2.32. The van der Waals surface area contributed by atoms with Crippen molar-refractivity contribution in [3.63, 3.8) is 0 Å². The molecule has 2 aliphatic rings. The molecule has 0 radical (unpaired) electrons. The Kier molecular flexibility index (Phi) is 9.10. The average Bonchev–Trinajstić information content (AvgIpc) is 3.48. The summed E-state index contributed by atoms with van der Waals surface area (Å²) in [6, 6.07) is 30.5. The van der Waals surface area contributed by atoms with Crippen LogP contribution >= 0.6 is 0 Å². The van der Waals surface area contributed by atoms with E-state index in [1.165, 1.54) is 16.7 Å². The highest BCUT2D eigenvalue weighted by atomic mass is 16.5. The van der Waals surface area contributed by atoms with E-state index in [1.807, 2.05) is 84.6 Å². The molecule has 0 spiro atoms. The van der Waals surface area contributed by atoms with Gasteiger partial charge in [-0.3, -0.25) is 9.69 Å². The maximum absolute atomic E-state index is 14.2. The monoisotopic (exact) mass is 587 g/mol. The molecule has 44 heavy (non-hydrogen) atoms. The van der Waals surface area contributed by atoms with Crippen molar-refractivity contribution in [2.75, 3.05) is 33.2 Å². The number of ether oxygens (including phenoxy) is 2. The summed E-state index contributed by atoms with van der Waals surface area (Å²) >= 11 is 0. The second kappa shape index (κ2) is 13.5. The largest absolute Gasteiger partial charge is 0.488 e. The molecule has 0 unspecified atom stereocenters. The molecule has 6 heteroatoms. The number of rotatable bonds is 10. The predicted molar refractivity (Wildman–Crippen MR) is 175 cm³/mol.